The van der Waals surface area contributed by atoms with Crippen LogP contribution in [0.4, 0.5) is 0 Å². The largest absolute Gasteiger partial charge is 0.461 e. The number of carbonyl (C=O) groups is 1. The Morgan fingerprint density at radius 1 is 1.39 bits per heavy atom. The number of aliphatic hydroxyl groups excluding tert-OH is 1. The van der Waals surface area contributed by atoms with Gasteiger partial charge in [-0.15, -0.1) is 0 Å². The van der Waals surface area contributed by atoms with E-state index in [1.54, 1.807) is 13.1 Å². The first-order valence-corrected chi connectivity index (χ1v) is 7.33. The second-order valence-corrected chi connectivity index (χ2v) is 5.09. The van der Waals surface area contributed by atoms with E-state index >= 15 is 0 Å². The van der Waals surface area contributed by atoms with Crippen molar-refractivity contribution in [1.29, 1.82) is 0 Å². The predicted octanol–water partition coefficient (Wildman–Crippen LogP) is 2.55. The number of hydrogen-bond donors (Lipinski definition) is 2. The van der Waals surface area contributed by atoms with Crippen molar-refractivity contribution in [2.24, 2.45) is 0 Å². The van der Waals surface area contributed by atoms with E-state index in [1.165, 1.54) is 0 Å². The molecular weight excluding hydrogens is 292 g/mol. The molecule has 2 heterocycles. The highest BCUT2D eigenvalue weighted by Crippen LogP contribution is 2.29. The van der Waals surface area contributed by atoms with Gasteiger partial charge in [-0.25, -0.2) is 9.78 Å². The minimum Gasteiger partial charge on any atom is -0.461 e. The first kappa shape index (κ1) is 15.1. The molecule has 1 aromatic carbocycles. The number of aliphatic hydroxyl groups is 1. The minimum atomic E-state index is -0.419. The molecule has 5 heteroatoms. The number of aryl methyl sites for hydroxylation is 1. The SMILES string of the molecule is CCOC(=O)c1ncc2[nH]c3ccc(C#CCO)cc3c2c1C. The van der Waals surface area contributed by atoms with E-state index in [-0.39, 0.29) is 6.61 Å². The summed E-state index contributed by atoms with van der Waals surface area (Å²) in [5.74, 6) is 5.12. The van der Waals surface area contributed by atoms with Crippen molar-refractivity contribution in [3.63, 3.8) is 0 Å². The van der Waals surface area contributed by atoms with Crippen LogP contribution in [0.5, 0.6) is 0 Å². The second-order valence-electron chi connectivity index (χ2n) is 5.09. The van der Waals surface area contributed by atoms with E-state index < -0.39 is 5.97 Å². The first-order valence-electron chi connectivity index (χ1n) is 7.33. The fourth-order valence-corrected chi connectivity index (χ4v) is 2.68. The van der Waals surface area contributed by atoms with E-state index in [4.69, 9.17) is 9.84 Å². The highest BCUT2D eigenvalue weighted by molar-refractivity contribution is 6.11. The third-order valence-electron chi connectivity index (χ3n) is 3.66. The van der Waals surface area contributed by atoms with Gasteiger partial charge in [-0.3, -0.25) is 0 Å². The molecule has 0 bridgehead atoms. The van der Waals surface area contributed by atoms with Gasteiger partial charge in [0.15, 0.2) is 5.69 Å². The molecular formula is C18H16N2O3. The van der Waals surface area contributed by atoms with Gasteiger partial charge >= 0.3 is 5.97 Å². The number of benzene rings is 1. The number of aromatic amines is 1. The Labute approximate surface area is 133 Å². The number of H-pyrrole nitrogens is 1. The van der Waals surface area contributed by atoms with Crippen molar-refractivity contribution in [1.82, 2.24) is 9.97 Å². The van der Waals surface area contributed by atoms with Crippen LogP contribution in [0.15, 0.2) is 24.4 Å². The molecule has 0 aliphatic heterocycles. The van der Waals surface area contributed by atoms with Gasteiger partial charge in [0.1, 0.15) is 6.61 Å². The van der Waals surface area contributed by atoms with Gasteiger partial charge in [-0.05, 0) is 37.6 Å². The highest BCUT2D eigenvalue weighted by atomic mass is 16.5. The Kier molecular flexibility index (Phi) is 4.00. The van der Waals surface area contributed by atoms with E-state index in [0.717, 1.165) is 32.9 Å². The monoisotopic (exact) mass is 308 g/mol. The molecule has 0 amide bonds. The summed E-state index contributed by atoms with van der Waals surface area (Å²) in [4.78, 5) is 19.5. The standard InChI is InChI=1S/C18H16N2O3/c1-3-23-18(22)17-11(2)16-13-9-12(5-4-8-21)6-7-14(13)20-15(16)10-19-17/h6-7,9-10,20-21H,3,8H2,1-2H3. The molecule has 0 spiro atoms. The summed E-state index contributed by atoms with van der Waals surface area (Å²) in [5, 5.41) is 10.7. The number of hydrogen-bond acceptors (Lipinski definition) is 4. The van der Waals surface area contributed by atoms with E-state index in [1.807, 2.05) is 25.1 Å². The van der Waals surface area contributed by atoms with Gasteiger partial charge in [0.05, 0.1) is 18.3 Å². The lowest BCUT2D eigenvalue weighted by Crippen LogP contribution is -2.09. The van der Waals surface area contributed by atoms with Crippen molar-refractivity contribution >= 4 is 27.8 Å². The molecule has 23 heavy (non-hydrogen) atoms. The number of nitrogens with one attached hydrogen (secondary N) is 1. The zero-order chi connectivity index (χ0) is 16.4. The van der Waals surface area contributed by atoms with Crippen LogP contribution < -0.4 is 0 Å². The smallest absolute Gasteiger partial charge is 0.357 e. The summed E-state index contributed by atoms with van der Waals surface area (Å²) in [6.45, 7) is 3.76. The highest BCUT2D eigenvalue weighted by Gasteiger charge is 2.17. The topological polar surface area (TPSA) is 75.2 Å². The Hall–Kier alpha value is -2.84. The normalized spacial score (nSPS) is 10.6. The lowest BCUT2D eigenvalue weighted by molar-refractivity contribution is 0.0519. The van der Waals surface area contributed by atoms with Crippen LogP contribution in [0.2, 0.25) is 0 Å². The van der Waals surface area contributed by atoms with Crippen LogP contribution in [-0.4, -0.2) is 34.3 Å². The molecule has 0 radical (unpaired) electrons. The van der Waals surface area contributed by atoms with Gasteiger partial charge in [-0.1, -0.05) is 11.8 Å². The van der Waals surface area contributed by atoms with Crippen molar-refractivity contribution in [3.8, 4) is 11.8 Å². The maximum atomic E-state index is 12.0. The van der Waals surface area contributed by atoms with Gasteiger partial charge in [0.2, 0.25) is 0 Å². The van der Waals surface area contributed by atoms with Crippen molar-refractivity contribution < 1.29 is 14.6 Å². The summed E-state index contributed by atoms with van der Waals surface area (Å²) < 4.78 is 5.06. The molecule has 0 unspecified atom stereocenters. The Morgan fingerprint density at radius 2 is 2.22 bits per heavy atom. The number of rotatable bonds is 2. The number of esters is 1. The molecule has 0 aliphatic carbocycles. The number of aromatic nitrogens is 2. The Bertz CT molecular complexity index is 961. The van der Waals surface area contributed by atoms with Crippen molar-refractivity contribution in [2.75, 3.05) is 13.2 Å². The number of nitrogens with zero attached hydrogens (tertiary/aromatic N) is 1. The van der Waals surface area contributed by atoms with Gasteiger partial charge in [0.25, 0.3) is 0 Å². The molecule has 0 saturated heterocycles. The lowest BCUT2D eigenvalue weighted by atomic mass is 10.0. The van der Waals surface area contributed by atoms with Crippen LogP contribution in [0.1, 0.15) is 28.5 Å². The molecule has 0 fully saturated rings. The summed E-state index contributed by atoms with van der Waals surface area (Å²) in [5.41, 5.74) is 3.71. The zero-order valence-corrected chi connectivity index (χ0v) is 12.9. The maximum absolute atomic E-state index is 12.0. The minimum absolute atomic E-state index is 0.179. The molecule has 116 valence electrons. The fourth-order valence-electron chi connectivity index (χ4n) is 2.68. The quantitative estimate of drug-likeness (QED) is 0.563. The van der Waals surface area contributed by atoms with Gasteiger partial charge < -0.3 is 14.8 Å². The molecule has 3 rings (SSSR count). The lowest BCUT2D eigenvalue weighted by Gasteiger charge is -2.05. The average molecular weight is 308 g/mol. The molecule has 0 atom stereocenters. The van der Waals surface area contributed by atoms with Crippen LogP contribution in [0.25, 0.3) is 21.8 Å². The summed E-state index contributed by atoms with van der Waals surface area (Å²) in [6.07, 6.45) is 1.65. The number of pyridine rings is 1. The molecule has 2 aromatic heterocycles. The molecule has 0 saturated carbocycles. The number of fused-ring (bicyclic) bond motifs is 3. The molecule has 0 aliphatic rings. The average Bonchev–Trinajstić information content (AvgIpc) is 2.92. The van der Waals surface area contributed by atoms with Crippen LogP contribution >= 0.6 is 0 Å². The Balaban J connectivity index is 2.25. The Morgan fingerprint density at radius 3 is 2.96 bits per heavy atom. The van der Waals surface area contributed by atoms with Gasteiger partial charge in [-0.2, -0.15) is 0 Å². The number of ether oxygens (including phenoxy) is 1. The number of carbonyl (C=O) groups excluding carboxylic acids is 1. The third kappa shape index (κ3) is 2.65. The molecule has 2 N–H and O–H groups in total. The van der Waals surface area contributed by atoms with Crippen LogP contribution in [0, 0.1) is 18.8 Å². The molecule has 5 nitrogen and oxygen atoms in total. The first-order chi connectivity index (χ1) is 11.2. The third-order valence-corrected chi connectivity index (χ3v) is 3.66. The predicted molar refractivity (Wildman–Crippen MR) is 88.3 cm³/mol. The van der Waals surface area contributed by atoms with Crippen LogP contribution in [-0.2, 0) is 4.74 Å². The zero-order valence-electron chi connectivity index (χ0n) is 12.9. The van der Waals surface area contributed by atoms with Crippen molar-refractivity contribution in [2.45, 2.75) is 13.8 Å². The second kappa shape index (κ2) is 6.11. The van der Waals surface area contributed by atoms with Gasteiger partial charge in [0, 0.05) is 21.9 Å². The fraction of sp³-hybridized carbons (Fsp3) is 0.222. The van der Waals surface area contributed by atoms with E-state index in [9.17, 15) is 4.79 Å². The summed E-state index contributed by atoms with van der Waals surface area (Å²) in [7, 11) is 0. The maximum Gasteiger partial charge on any atom is 0.357 e. The van der Waals surface area contributed by atoms with Crippen LogP contribution in [0.3, 0.4) is 0 Å². The van der Waals surface area contributed by atoms with E-state index in [2.05, 4.69) is 21.8 Å². The van der Waals surface area contributed by atoms with E-state index in [0.29, 0.717) is 12.3 Å². The summed E-state index contributed by atoms with van der Waals surface area (Å²) in [6, 6.07) is 5.76. The van der Waals surface area contributed by atoms with Crippen molar-refractivity contribution in [3.05, 3.63) is 41.2 Å². The summed E-state index contributed by atoms with van der Waals surface area (Å²) >= 11 is 0. The molecule has 3 aromatic rings.